The third-order valence-corrected chi connectivity index (χ3v) is 8.10. The number of nitrogens with two attached hydrogens (primary N) is 2. The van der Waals surface area contributed by atoms with Crippen LogP contribution in [0.15, 0.2) is 77.9 Å². The Morgan fingerprint density at radius 2 is 1.73 bits per heavy atom. The lowest BCUT2D eigenvalue weighted by atomic mass is 10.1. The standard InChI is InChI=1S/C30H24N8OS/c1-16-6-3-4-9-22(16)38-20(12-18-8-5-7-17(2)24(18)29(38)39)14-37-28-25(27(31)33-15-34-28)26(36-37)19-10-11-23-21(13-19)35-30(32)40-23/h3-13,15H,14H2,1-2H3,(H2,32,35)(H2,31,33,34). The van der Waals surface area contributed by atoms with E-state index in [2.05, 4.69) is 21.0 Å². The van der Waals surface area contributed by atoms with Crippen LogP contribution in [0.25, 0.3) is 49.0 Å². The number of nitrogen functional groups attached to an aromatic ring is 2. The van der Waals surface area contributed by atoms with Crippen LogP contribution in [-0.4, -0.2) is 29.3 Å². The molecule has 196 valence electrons. The molecule has 0 radical (unpaired) electrons. The largest absolute Gasteiger partial charge is 0.383 e. The normalized spacial score (nSPS) is 11.7. The van der Waals surface area contributed by atoms with Crippen LogP contribution in [0.4, 0.5) is 10.9 Å². The van der Waals surface area contributed by atoms with Gasteiger partial charge in [0.1, 0.15) is 17.8 Å². The molecule has 4 heterocycles. The van der Waals surface area contributed by atoms with Gasteiger partial charge < -0.3 is 11.5 Å². The first-order chi connectivity index (χ1) is 19.4. The summed E-state index contributed by atoms with van der Waals surface area (Å²) in [7, 11) is 0. The van der Waals surface area contributed by atoms with Crippen molar-refractivity contribution < 1.29 is 0 Å². The van der Waals surface area contributed by atoms with Crippen molar-refractivity contribution in [3.8, 4) is 16.9 Å². The van der Waals surface area contributed by atoms with Crippen LogP contribution in [0, 0.1) is 13.8 Å². The number of para-hydroxylation sites is 1. The molecule has 3 aromatic carbocycles. The average molecular weight is 545 g/mol. The summed E-state index contributed by atoms with van der Waals surface area (Å²) in [4.78, 5) is 27.3. The van der Waals surface area contributed by atoms with Gasteiger partial charge in [0.2, 0.25) is 0 Å². The van der Waals surface area contributed by atoms with Crippen molar-refractivity contribution in [2.24, 2.45) is 0 Å². The van der Waals surface area contributed by atoms with Crippen LogP contribution in [-0.2, 0) is 6.54 Å². The molecule has 0 aliphatic heterocycles. The van der Waals surface area contributed by atoms with Crippen LogP contribution in [0.5, 0.6) is 0 Å². The molecular formula is C30H24N8OS. The van der Waals surface area contributed by atoms with E-state index in [0.29, 0.717) is 33.1 Å². The fourth-order valence-corrected chi connectivity index (χ4v) is 6.09. The van der Waals surface area contributed by atoms with E-state index < -0.39 is 0 Å². The average Bonchev–Trinajstić information content (AvgIpc) is 3.49. The van der Waals surface area contributed by atoms with Crippen LogP contribution < -0.4 is 17.0 Å². The van der Waals surface area contributed by atoms with Gasteiger partial charge in [0, 0.05) is 11.3 Å². The van der Waals surface area contributed by atoms with E-state index in [1.165, 1.54) is 17.7 Å². The van der Waals surface area contributed by atoms with Crippen LogP contribution in [0.1, 0.15) is 16.8 Å². The first kappa shape index (κ1) is 24.0. The Labute approximate surface area is 232 Å². The number of aryl methyl sites for hydroxylation is 2. The zero-order valence-electron chi connectivity index (χ0n) is 21.8. The third kappa shape index (κ3) is 3.72. The highest BCUT2D eigenvalue weighted by Crippen LogP contribution is 2.34. The number of hydrogen-bond donors (Lipinski definition) is 2. The van der Waals surface area contributed by atoms with Crippen molar-refractivity contribution in [1.29, 1.82) is 0 Å². The third-order valence-electron chi connectivity index (χ3n) is 7.24. The summed E-state index contributed by atoms with van der Waals surface area (Å²) in [5.74, 6) is 0.328. The summed E-state index contributed by atoms with van der Waals surface area (Å²) in [6.07, 6.45) is 1.43. The first-order valence-corrected chi connectivity index (χ1v) is 13.5. The second kappa shape index (κ2) is 8.99. The Balaban J connectivity index is 1.47. The van der Waals surface area contributed by atoms with Gasteiger partial charge in [0.15, 0.2) is 10.8 Å². The topological polar surface area (TPSA) is 131 Å². The van der Waals surface area contributed by atoms with Gasteiger partial charge in [-0.25, -0.2) is 19.6 Å². The first-order valence-electron chi connectivity index (χ1n) is 12.7. The summed E-state index contributed by atoms with van der Waals surface area (Å²) in [5.41, 5.74) is 18.6. The Morgan fingerprint density at radius 3 is 2.58 bits per heavy atom. The molecule has 0 saturated heterocycles. The SMILES string of the molecule is Cc1ccccc1-n1c(Cn2nc(-c3ccc4sc(N)nc4c3)c3c(N)ncnc32)cc2cccc(C)c2c1=O. The van der Waals surface area contributed by atoms with E-state index in [0.717, 1.165) is 43.7 Å². The van der Waals surface area contributed by atoms with E-state index in [1.807, 2.05) is 74.5 Å². The monoisotopic (exact) mass is 544 g/mol. The molecule has 9 nitrogen and oxygen atoms in total. The molecule has 4 aromatic heterocycles. The van der Waals surface area contributed by atoms with Crippen LogP contribution in [0.3, 0.4) is 0 Å². The molecule has 0 amide bonds. The summed E-state index contributed by atoms with van der Waals surface area (Å²) in [6, 6.07) is 21.7. The van der Waals surface area contributed by atoms with Crippen molar-refractivity contribution in [3.63, 3.8) is 0 Å². The van der Waals surface area contributed by atoms with Crippen molar-refractivity contribution in [2.75, 3.05) is 11.5 Å². The summed E-state index contributed by atoms with van der Waals surface area (Å²) < 4.78 is 4.56. The highest BCUT2D eigenvalue weighted by molar-refractivity contribution is 7.22. The lowest BCUT2D eigenvalue weighted by molar-refractivity contribution is 0.671. The summed E-state index contributed by atoms with van der Waals surface area (Å²) in [6.45, 7) is 4.25. The number of anilines is 2. The fraction of sp³-hybridized carbons (Fsp3) is 0.100. The maximum atomic E-state index is 14.1. The molecule has 0 saturated carbocycles. The number of thiazole rings is 1. The molecule has 7 aromatic rings. The number of benzene rings is 3. The summed E-state index contributed by atoms with van der Waals surface area (Å²) >= 11 is 1.43. The molecule has 0 aliphatic rings. The smallest absolute Gasteiger partial charge is 0.263 e. The van der Waals surface area contributed by atoms with Gasteiger partial charge in [0.05, 0.1) is 33.2 Å². The number of fused-ring (bicyclic) bond motifs is 3. The van der Waals surface area contributed by atoms with E-state index in [9.17, 15) is 4.79 Å². The molecule has 0 spiro atoms. The maximum Gasteiger partial charge on any atom is 0.263 e. The quantitative estimate of drug-likeness (QED) is 0.310. The van der Waals surface area contributed by atoms with Gasteiger partial charge in [-0.3, -0.25) is 9.36 Å². The highest BCUT2D eigenvalue weighted by Gasteiger charge is 2.21. The molecule has 0 aliphatic carbocycles. The van der Waals surface area contributed by atoms with E-state index in [4.69, 9.17) is 16.6 Å². The molecule has 10 heteroatoms. The minimum Gasteiger partial charge on any atom is -0.383 e. The molecule has 0 atom stereocenters. The minimum atomic E-state index is -0.0719. The lowest BCUT2D eigenvalue weighted by Crippen LogP contribution is -2.25. The number of nitrogens with zero attached hydrogens (tertiary/aromatic N) is 6. The second-order valence-electron chi connectivity index (χ2n) is 9.80. The van der Waals surface area contributed by atoms with Crippen LogP contribution in [0.2, 0.25) is 0 Å². The number of pyridine rings is 1. The zero-order chi connectivity index (χ0) is 27.5. The van der Waals surface area contributed by atoms with E-state index in [1.54, 1.807) is 9.25 Å². The highest BCUT2D eigenvalue weighted by atomic mass is 32.1. The lowest BCUT2D eigenvalue weighted by Gasteiger charge is -2.17. The van der Waals surface area contributed by atoms with Crippen molar-refractivity contribution in [1.82, 2.24) is 29.3 Å². The molecule has 7 rings (SSSR count). The Bertz CT molecular complexity index is 2180. The minimum absolute atomic E-state index is 0.0719. The molecule has 4 N–H and O–H groups in total. The molecular weight excluding hydrogens is 520 g/mol. The van der Waals surface area contributed by atoms with Crippen LogP contribution >= 0.6 is 11.3 Å². The summed E-state index contributed by atoms with van der Waals surface area (Å²) in [5, 5.41) is 7.70. The van der Waals surface area contributed by atoms with E-state index >= 15 is 0 Å². The second-order valence-corrected chi connectivity index (χ2v) is 10.9. The number of hydrogen-bond acceptors (Lipinski definition) is 8. The van der Waals surface area contributed by atoms with Gasteiger partial charge in [-0.15, -0.1) is 0 Å². The van der Waals surface area contributed by atoms with Gasteiger partial charge in [0.25, 0.3) is 5.56 Å². The molecule has 40 heavy (non-hydrogen) atoms. The molecule has 0 fully saturated rings. The van der Waals surface area contributed by atoms with Gasteiger partial charge in [-0.1, -0.05) is 53.8 Å². The Morgan fingerprint density at radius 1 is 0.900 bits per heavy atom. The zero-order valence-corrected chi connectivity index (χ0v) is 22.6. The predicted molar refractivity (Wildman–Crippen MR) is 161 cm³/mol. The van der Waals surface area contributed by atoms with Gasteiger partial charge >= 0.3 is 0 Å². The Kier molecular flexibility index (Phi) is 5.39. The predicted octanol–water partition coefficient (Wildman–Crippen LogP) is 5.24. The van der Waals surface area contributed by atoms with E-state index in [-0.39, 0.29) is 12.1 Å². The molecule has 0 bridgehead atoms. The van der Waals surface area contributed by atoms with Gasteiger partial charge in [-0.2, -0.15) is 5.10 Å². The maximum absolute atomic E-state index is 14.1. The number of rotatable bonds is 4. The van der Waals surface area contributed by atoms with Gasteiger partial charge in [-0.05, 0) is 54.6 Å². The van der Waals surface area contributed by atoms with Crippen molar-refractivity contribution >= 4 is 54.3 Å². The Hall–Kier alpha value is -5.09. The van der Waals surface area contributed by atoms with Crippen molar-refractivity contribution in [2.45, 2.75) is 20.4 Å². The fourth-order valence-electron chi connectivity index (χ4n) is 5.37. The number of aromatic nitrogens is 6. The van der Waals surface area contributed by atoms with Crippen molar-refractivity contribution in [3.05, 3.63) is 100 Å². The molecule has 0 unspecified atom stereocenters.